The molecule has 2 N–H and O–H groups in total. The van der Waals surface area contributed by atoms with Crippen LogP contribution in [0.4, 0.5) is 0 Å². The van der Waals surface area contributed by atoms with E-state index in [0.29, 0.717) is 6.04 Å². The van der Waals surface area contributed by atoms with Gasteiger partial charge in [-0.1, -0.05) is 63.4 Å². The average molecular weight is 245 g/mol. The summed E-state index contributed by atoms with van der Waals surface area (Å²) in [6.07, 6.45) is 7.61. The smallest absolute Gasteiger partial charge is 0.0139 e. The first-order valence-electron chi connectivity index (χ1n) is 7.50. The fraction of sp³-hybridized carbons (Fsp3) is 0.647. The lowest BCUT2D eigenvalue weighted by atomic mass is 9.70. The van der Waals surface area contributed by atoms with E-state index >= 15 is 0 Å². The quantitative estimate of drug-likeness (QED) is 0.824. The van der Waals surface area contributed by atoms with Crippen molar-refractivity contribution >= 4 is 0 Å². The summed E-state index contributed by atoms with van der Waals surface area (Å²) >= 11 is 0. The van der Waals surface area contributed by atoms with Crippen molar-refractivity contribution in [2.45, 2.75) is 63.8 Å². The van der Waals surface area contributed by atoms with Gasteiger partial charge in [-0.15, -0.1) is 0 Å². The molecular weight excluding hydrogens is 218 g/mol. The molecular formula is C17H27N. The predicted octanol–water partition coefficient (Wildman–Crippen LogP) is 4.26. The minimum atomic E-state index is 0.255. The number of hydrogen-bond donors (Lipinski definition) is 1. The van der Waals surface area contributed by atoms with Gasteiger partial charge in [0.05, 0.1) is 0 Å². The summed E-state index contributed by atoms with van der Waals surface area (Å²) in [5.74, 6) is 0.737. The second kappa shape index (κ2) is 5.88. The molecule has 2 atom stereocenters. The Morgan fingerprint density at radius 1 is 1.17 bits per heavy atom. The van der Waals surface area contributed by atoms with Crippen molar-refractivity contribution in [2.24, 2.45) is 11.7 Å². The summed E-state index contributed by atoms with van der Waals surface area (Å²) in [7, 11) is 0. The first kappa shape index (κ1) is 13.6. The Bertz CT molecular complexity index is 351. The standard InChI is InChI=1S/C17H27N/c1-3-14(2)13-16(18)17(11-7-8-12-17)15-9-5-4-6-10-15/h4-6,9-10,14,16H,3,7-8,11-13,18H2,1-2H3. The van der Waals surface area contributed by atoms with Gasteiger partial charge in [0.2, 0.25) is 0 Å². The molecule has 1 saturated carbocycles. The zero-order valence-electron chi connectivity index (χ0n) is 11.9. The van der Waals surface area contributed by atoms with Crippen molar-refractivity contribution in [3.63, 3.8) is 0 Å². The van der Waals surface area contributed by atoms with Crippen molar-refractivity contribution in [1.82, 2.24) is 0 Å². The first-order chi connectivity index (χ1) is 8.69. The highest BCUT2D eigenvalue weighted by molar-refractivity contribution is 5.29. The molecule has 0 radical (unpaired) electrons. The summed E-state index contributed by atoms with van der Waals surface area (Å²) in [5, 5.41) is 0. The minimum Gasteiger partial charge on any atom is -0.327 e. The normalized spacial score (nSPS) is 21.7. The van der Waals surface area contributed by atoms with Crippen molar-refractivity contribution < 1.29 is 0 Å². The largest absolute Gasteiger partial charge is 0.327 e. The SMILES string of the molecule is CCC(C)CC(N)C1(c2ccccc2)CCCC1. The molecule has 0 bridgehead atoms. The lowest BCUT2D eigenvalue weighted by Crippen LogP contribution is -2.44. The van der Waals surface area contributed by atoms with Crippen LogP contribution >= 0.6 is 0 Å². The molecule has 1 aliphatic carbocycles. The molecule has 100 valence electrons. The van der Waals surface area contributed by atoms with Crippen molar-refractivity contribution in [1.29, 1.82) is 0 Å². The van der Waals surface area contributed by atoms with Gasteiger partial charge >= 0.3 is 0 Å². The van der Waals surface area contributed by atoms with Gasteiger partial charge in [0.15, 0.2) is 0 Å². The lowest BCUT2D eigenvalue weighted by Gasteiger charge is -2.37. The van der Waals surface area contributed by atoms with E-state index in [0.717, 1.165) is 12.3 Å². The molecule has 1 aromatic rings. The summed E-state index contributed by atoms with van der Waals surface area (Å²) in [6, 6.07) is 11.3. The molecule has 1 fully saturated rings. The van der Waals surface area contributed by atoms with Crippen LogP contribution in [0.1, 0.15) is 57.9 Å². The van der Waals surface area contributed by atoms with Gasteiger partial charge in [-0.25, -0.2) is 0 Å². The molecule has 2 rings (SSSR count). The molecule has 0 spiro atoms. The number of rotatable bonds is 5. The summed E-state index contributed by atoms with van der Waals surface area (Å²) in [6.45, 7) is 4.59. The molecule has 0 heterocycles. The Morgan fingerprint density at radius 2 is 1.78 bits per heavy atom. The first-order valence-corrected chi connectivity index (χ1v) is 7.50. The van der Waals surface area contributed by atoms with E-state index < -0.39 is 0 Å². The predicted molar refractivity (Wildman–Crippen MR) is 78.6 cm³/mol. The van der Waals surface area contributed by atoms with E-state index in [2.05, 4.69) is 44.2 Å². The van der Waals surface area contributed by atoms with Crippen LogP contribution in [0.3, 0.4) is 0 Å². The third kappa shape index (κ3) is 2.61. The van der Waals surface area contributed by atoms with E-state index in [4.69, 9.17) is 5.73 Å². The van der Waals surface area contributed by atoms with Crippen molar-refractivity contribution in [3.8, 4) is 0 Å². The molecule has 0 aromatic heterocycles. The molecule has 0 saturated heterocycles. The van der Waals surface area contributed by atoms with Gasteiger partial charge in [-0.2, -0.15) is 0 Å². The van der Waals surface area contributed by atoms with Crippen LogP contribution < -0.4 is 5.73 Å². The minimum absolute atomic E-state index is 0.255. The third-order valence-electron chi connectivity index (χ3n) is 4.91. The maximum absolute atomic E-state index is 6.62. The Kier molecular flexibility index (Phi) is 4.45. The van der Waals surface area contributed by atoms with Gasteiger partial charge in [-0.3, -0.25) is 0 Å². The van der Waals surface area contributed by atoms with Crippen LogP contribution in [0.2, 0.25) is 0 Å². The highest BCUT2D eigenvalue weighted by Crippen LogP contribution is 2.44. The van der Waals surface area contributed by atoms with Crippen LogP contribution in [0, 0.1) is 5.92 Å². The maximum Gasteiger partial charge on any atom is 0.0139 e. The fourth-order valence-corrected chi connectivity index (χ4v) is 3.48. The topological polar surface area (TPSA) is 26.0 Å². The second-order valence-corrected chi connectivity index (χ2v) is 6.08. The highest BCUT2D eigenvalue weighted by Gasteiger charge is 2.40. The number of nitrogens with two attached hydrogens (primary N) is 1. The van der Waals surface area contributed by atoms with Crippen LogP contribution in [-0.2, 0) is 5.41 Å². The number of benzene rings is 1. The Morgan fingerprint density at radius 3 is 2.33 bits per heavy atom. The van der Waals surface area contributed by atoms with Gasteiger partial charge in [0.1, 0.15) is 0 Å². The van der Waals surface area contributed by atoms with Gasteiger partial charge in [0, 0.05) is 11.5 Å². The number of hydrogen-bond acceptors (Lipinski definition) is 1. The molecule has 1 aliphatic rings. The molecule has 0 aliphatic heterocycles. The zero-order valence-corrected chi connectivity index (χ0v) is 11.9. The molecule has 2 unspecified atom stereocenters. The van der Waals surface area contributed by atoms with Crippen LogP contribution in [0.15, 0.2) is 30.3 Å². The van der Waals surface area contributed by atoms with Gasteiger partial charge in [0.25, 0.3) is 0 Å². The van der Waals surface area contributed by atoms with Crippen molar-refractivity contribution in [3.05, 3.63) is 35.9 Å². The Balaban J connectivity index is 2.22. The van der Waals surface area contributed by atoms with E-state index in [1.807, 2.05) is 0 Å². The Hall–Kier alpha value is -0.820. The summed E-state index contributed by atoms with van der Waals surface area (Å²) < 4.78 is 0. The molecule has 1 nitrogen and oxygen atoms in total. The van der Waals surface area contributed by atoms with Crippen LogP contribution in [0.25, 0.3) is 0 Å². The molecule has 0 amide bonds. The summed E-state index contributed by atoms with van der Waals surface area (Å²) in [4.78, 5) is 0. The van der Waals surface area contributed by atoms with Gasteiger partial charge in [-0.05, 0) is 30.7 Å². The third-order valence-corrected chi connectivity index (χ3v) is 4.91. The molecule has 1 aromatic carbocycles. The fourth-order valence-electron chi connectivity index (χ4n) is 3.48. The zero-order chi connectivity index (χ0) is 13.0. The van der Waals surface area contributed by atoms with E-state index in [-0.39, 0.29) is 5.41 Å². The lowest BCUT2D eigenvalue weighted by molar-refractivity contribution is 0.297. The van der Waals surface area contributed by atoms with Crippen LogP contribution in [0.5, 0.6) is 0 Å². The van der Waals surface area contributed by atoms with Gasteiger partial charge < -0.3 is 5.73 Å². The highest BCUT2D eigenvalue weighted by atomic mass is 14.7. The van der Waals surface area contributed by atoms with Crippen LogP contribution in [-0.4, -0.2) is 6.04 Å². The average Bonchev–Trinajstić information content (AvgIpc) is 2.90. The summed E-state index contributed by atoms with van der Waals surface area (Å²) in [5.41, 5.74) is 8.35. The Labute approximate surface area is 112 Å². The maximum atomic E-state index is 6.62. The monoisotopic (exact) mass is 245 g/mol. The van der Waals surface area contributed by atoms with Crippen molar-refractivity contribution in [2.75, 3.05) is 0 Å². The molecule has 18 heavy (non-hydrogen) atoms. The van der Waals surface area contributed by atoms with E-state index in [1.54, 1.807) is 0 Å². The van der Waals surface area contributed by atoms with E-state index in [9.17, 15) is 0 Å². The second-order valence-electron chi connectivity index (χ2n) is 6.08. The molecule has 1 heteroatoms. The van der Waals surface area contributed by atoms with E-state index in [1.165, 1.54) is 37.7 Å².